The quantitative estimate of drug-likeness (QED) is 0.479. The van der Waals surface area contributed by atoms with E-state index >= 15 is 0 Å². The van der Waals surface area contributed by atoms with Gasteiger partial charge in [-0.1, -0.05) is 18.9 Å². The van der Waals surface area contributed by atoms with Gasteiger partial charge in [0.05, 0.1) is 33.0 Å². The fourth-order valence-corrected chi connectivity index (χ4v) is 5.99. The van der Waals surface area contributed by atoms with E-state index in [1.54, 1.807) is 24.5 Å². The number of halogens is 1. The maximum absolute atomic E-state index is 14.9. The van der Waals surface area contributed by atoms with Gasteiger partial charge in [-0.05, 0) is 93.7 Å². The van der Waals surface area contributed by atoms with Gasteiger partial charge in [0, 0.05) is 18.4 Å². The number of amides is 1. The van der Waals surface area contributed by atoms with Crippen LogP contribution in [0.15, 0.2) is 42.7 Å². The third-order valence-electron chi connectivity index (χ3n) is 7.53. The number of carbonyl (C=O) groups excluding carboxylic acids is 1. The molecule has 1 saturated heterocycles. The largest absolute Gasteiger partial charge is 0.322 e. The van der Waals surface area contributed by atoms with Crippen molar-refractivity contribution < 1.29 is 13.4 Å². The lowest BCUT2D eigenvalue weighted by molar-refractivity contribution is -0.118. The van der Waals surface area contributed by atoms with Crippen LogP contribution in [-0.4, -0.2) is 31.9 Å². The van der Waals surface area contributed by atoms with Crippen LogP contribution in [0.1, 0.15) is 70.4 Å². The minimum absolute atomic E-state index is 0.156. The van der Waals surface area contributed by atoms with E-state index < -0.39 is 27.1 Å². The molecular weight excluding hydrogens is 463 g/mol. The Labute approximate surface area is 209 Å². The Kier molecular flexibility index (Phi) is 6.57. The lowest BCUT2D eigenvalue weighted by atomic mass is 9.79. The lowest BCUT2D eigenvalue weighted by Gasteiger charge is -2.38. The van der Waals surface area contributed by atoms with E-state index in [1.807, 2.05) is 32.9 Å². The van der Waals surface area contributed by atoms with Crippen molar-refractivity contribution in [2.75, 3.05) is 5.32 Å². The summed E-state index contributed by atoms with van der Waals surface area (Å²) in [5.74, 6) is 0.542. The molecule has 1 unspecified atom stereocenters. The van der Waals surface area contributed by atoms with Crippen molar-refractivity contribution in [3.63, 3.8) is 0 Å². The van der Waals surface area contributed by atoms with E-state index in [-0.39, 0.29) is 17.6 Å². The molecule has 5 rings (SSSR count). The summed E-state index contributed by atoms with van der Waals surface area (Å²) in [6.07, 6.45) is 9.46. The summed E-state index contributed by atoms with van der Waals surface area (Å²) >= 11 is 0. The van der Waals surface area contributed by atoms with Crippen molar-refractivity contribution in [2.45, 2.75) is 81.7 Å². The second-order valence-electron chi connectivity index (χ2n) is 11.3. The molecule has 3 fully saturated rings. The highest BCUT2D eigenvalue weighted by Crippen LogP contribution is 2.43. The van der Waals surface area contributed by atoms with Crippen LogP contribution in [0.4, 0.5) is 10.1 Å². The molecule has 1 aromatic heterocycles. The number of piperidine rings is 1. The van der Waals surface area contributed by atoms with Gasteiger partial charge < -0.3 is 10.6 Å². The molecule has 1 aliphatic heterocycles. The van der Waals surface area contributed by atoms with Crippen LogP contribution in [0.25, 0.3) is 0 Å². The van der Waals surface area contributed by atoms with Gasteiger partial charge in [-0.2, -0.15) is 0 Å². The Hall–Kier alpha value is -2.16. The molecule has 0 spiro atoms. The summed E-state index contributed by atoms with van der Waals surface area (Å²) < 4.78 is 31.4. The van der Waals surface area contributed by atoms with Crippen LogP contribution in [0.5, 0.6) is 0 Å². The summed E-state index contributed by atoms with van der Waals surface area (Å²) in [4.78, 5) is 17.1. The number of aromatic nitrogens is 1. The van der Waals surface area contributed by atoms with Gasteiger partial charge in [0.2, 0.25) is 5.91 Å². The third-order valence-corrected chi connectivity index (χ3v) is 9.18. The molecule has 188 valence electrons. The van der Waals surface area contributed by atoms with Crippen LogP contribution < -0.4 is 15.4 Å². The minimum Gasteiger partial charge on any atom is -0.322 e. The molecule has 0 radical (unpaired) electrons. The first kappa shape index (κ1) is 24.5. The number of nitrogens with one attached hydrogen (secondary N) is 3. The van der Waals surface area contributed by atoms with Gasteiger partial charge in [-0.3, -0.25) is 9.78 Å². The van der Waals surface area contributed by atoms with Crippen molar-refractivity contribution in [3.8, 4) is 0 Å². The third kappa shape index (κ3) is 5.34. The fourth-order valence-electron chi connectivity index (χ4n) is 5.03. The molecule has 0 bridgehead atoms. The highest BCUT2D eigenvalue weighted by Gasteiger charge is 2.48. The monoisotopic (exact) mass is 498 g/mol. The number of rotatable bonds is 9. The van der Waals surface area contributed by atoms with Gasteiger partial charge >= 0.3 is 0 Å². The van der Waals surface area contributed by atoms with Gasteiger partial charge in [-0.25, -0.2) is 13.3 Å². The molecule has 2 aliphatic carbocycles. The SMILES string of the molecule is CC(C)(C)[S@](=O)NC(CCC1CC1)(c1ccncc1)c1ccc(F)c(NC(=O)[C@H]2C[C@H]3C[C@H]3N2)c1. The summed E-state index contributed by atoms with van der Waals surface area (Å²) in [6, 6.07) is 8.86. The second kappa shape index (κ2) is 9.37. The molecule has 2 saturated carbocycles. The molecule has 1 amide bonds. The normalized spacial score (nSPS) is 26.0. The van der Waals surface area contributed by atoms with Crippen molar-refractivity contribution >= 4 is 22.6 Å². The van der Waals surface area contributed by atoms with E-state index in [0.29, 0.717) is 24.3 Å². The number of pyridine rings is 1. The molecule has 1 aromatic carbocycles. The number of benzene rings is 1. The van der Waals surface area contributed by atoms with Crippen LogP contribution in [-0.2, 0) is 21.3 Å². The van der Waals surface area contributed by atoms with E-state index in [1.165, 1.54) is 18.9 Å². The Morgan fingerprint density at radius 1 is 1.14 bits per heavy atom. The van der Waals surface area contributed by atoms with Gasteiger partial charge in [0.1, 0.15) is 5.82 Å². The molecule has 5 atom stereocenters. The standard InChI is InChI=1S/C27H35FN4O2S/c1-26(2,3)35(34)32-27(11-8-17-4-5-17,19-9-12-29-13-10-19)20-6-7-21(28)23(16-20)31-25(33)24-15-18-14-22(18)30-24/h6-7,9-10,12-13,16-18,22,24,30,32H,4-5,8,11,14-15H2,1-3H3,(H,31,33)/t18-,22-,24-,27?,35+/m1/s1. The summed E-state index contributed by atoms with van der Waals surface area (Å²) in [6.45, 7) is 5.80. The van der Waals surface area contributed by atoms with Crippen LogP contribution in [0.2, 0.25) is 0 Å². The molecular formula is C27H35FN4O2S. The van der Waals surface area contributed by atoms with Crippen LogP contribution >= 0.6 is 0 Å². The summed E-state index contributed by atoms with van der Waals surface area (Å²) in [7, 11) is -1.39. The first-order valence-electron chi connectivity index (χ1n) is 12.6. The first-order valence-corrected chi connectivity index (χ1v) is 13.8. The average molecular weight is 499 g/mol. The Morgan fingerprint density at radius 3 is 2.51 bits per heavy atom. The lowest BCUT2D eigenvalue weighted by Crippen LogP contribution is -2.49. The number of anilines is 1. The molecule has 3 N–H and O–H groups in total. The maximum atomic E-state index is 14.9. The van der Waals surface area contributed by atoms with Gasteiger partial charge in [0.25, 0.3) is 0 Å². The highest BCUT2D eigenvalue weighted by atomic mass is 32.2. The Bertz CT molecular complexity index is 1110. The zero-order valence-corrected chi connectivity index (χ0v) is 21.5. The van der Waals surface area contributed by atoms with Gasteiger partial charge in [0.15, 0.2) is 0 Å². The van der Waals surface area contributed by atoms with E-state index in [9.17, 15) is 13.4 Å². The summed E-state index contributed by atoms with van der Waals surface area (Å²) in [5.41, 5.74) is 1.04. The topological polar surface area (TPSA) is 83.1 Å². The maximum Gasteiger partial charge on any atom is 0.241 e. The molecule has 2 aromatic rings. The number of fused-ring (bicyclic) bond motifs is 1. The summed E-state index contributed by atoms with van der Waals surface area (Å²) in [5, 5.41) is 6.15. The van der Waals surface area contributed by atoms with Gasteiger partial charge in [-0.15, -0.1) is 0 Å². The van der Waals surface area contributed by atoms with Crippen molar-refractivity contribution in [1.82, 2.24) is 15.0 Å². The molecule has 6 nitrogen and oxygen atoms in total. The molecule has 35 heavy (non-hydrogen) atoms. The van der Waals surface area contributed by atoms with E-state index in [4.69, 9.17) is 0 Å². The van der Waals surface area contributed by atoms with E-state index in [0.717, 1.165) is 30.4 Å². The number of nitrogens with zero attached hydrogens (tertiary/aromatic N) is 1. The Morgan fingerprint density at radius 2 is 1.89 bits per heavy atom. The second-order valence-corrected chi connectivity index (χ2v) is 13.3. The van der Waals surface area contributed by atoms with E-state index in [2.05, 4.69) is 20.3 Å². The minimum atomic E-state index is -1.39. The van der Waals surface area contributed by atoms with Crippen molar-refractivity contribution in [1.29, 1.82) is 0 Å². The average Bonchev–Trinajstić information content (AvgIpc) is 3.76. The predicted molar refractivity (Wildman–Crippen MR) is 136 cm³/mol. The van der Waals surface area contributed by atoms with Crippen LogP contribution in [0, 0.1) is 17.7 Å². The number of carbonyl (C=O) groups is 1. The number of hydrogen-bond acceptors (Lipinski definition) is 4. The zero-order chi connectivity index (χ0) is 24.8. The smallest absolute Gasteiger partial charge is 0.241 e. The first-order chi connectivity index (χ1) is 16.7. The predicted octanol–water partition coefficient (Wildman–Crippen LogP) is 4.40. The molecule has 8 heteroatoms. The van der Waals surface area contributed by atoms with Crippen molar-refractivity contribution in [2.24, 2.45) is 11.8 Å². The molecule has 2 heterocycles. The van der Waals surface area contributed by atoms with Crippen LogP contribution in [0.3, 0.4) is 0 Å². The zero-order valence-electron chi connectivity index (χ0n) is 20.6. The molecule has 3 aliphatic rings. The number of hydrogen-bond donors (Lipinski definition) is 3. The van der Waals surface area contributed by atoms with Crippen molar-refractivity contribution in [3.05, 3.63) is 59.7 Å². The fraction of sp³-hybridized carbons (Fsp3) is 0.556. The Balaban J connectivity index is 1.52. The highest BCUT2D eigenvalue weighted by molar-refractivity contribution is 7.84.